The number of nitrogens with one attached hydrogen (secondary N) is 1. The minimum absolute atomic E-state index is 0.134. The fourth-order valence-electron chi connectivity index (χ4n) is 1.89. The van der Waals surface area contributed by atoms with Gasteiger partial charge in [-0.15, -0.1) is 0 Å². The van der Waals surface area contributed by atoms with E-state index in [2.05, 4.69) is 5.32 Å². The van der Waals surface area contributed by atoms with Crippen molar-refractivity contribution in [2.24, 2.45) is 0 Å². The van der Waals surface area contributed by atoms with E-state index in [1.807, 2.05) is 6.07 Å². The van der Waals surface area contributed by atoms with Crippen LogP contribution in [0.25, 0.3) is 0 Å². The molecule has 1 aliphatic rings. The molecule has 1 aromatic carbocycles. The molecule has 0 amide bonds. The average molecular weight is 197 g/mol. The first-order chi connectivity index (χ1) is 6.77. The molecule has 2 rings (SSSR count). The summed E-state index contributed by atoms with van der Waals surface area (Å²) in [6.45, 7) is 1.90. The third-order valence-corrected chi connectivity index (χ3v) is 2.69. The standard InChI is InChI=1S/C11H13F2N/c12-11(13)9-3-1-2-8(6-9)10-4-5-14-7-10/h1-3,6,10-11,14H,4-5,7H2/t10-/m1/s1. The smallest absolute Gasteiger partial charge is 0.263 e. The van der Waals surface area contributed by atoms with Gasteiger partial charge in [-0.05, 0) is 30.5 Å². The monoisotopic (exact) mass is 197 g/mol. The molecular formula is C11H13F2N. The van der Waals surface area contributed by atoms with Crippen molar-refractivity contribution in [3.8, 4) is 0 Å². The van der Waals surface area contributed by atoms with Gasteiger partial charge < -0.3 is 5.32 Å². The molecule has 1 saturated heterocycles. The lowest BCUT2D eigenvalue weighted by molar-refractivity contribution is 0.151. The van der Waals surface area contributed by atoms with Crippen molar-refractivity contribution in [3.63, 3.8) is 0 Å². The second-order valence-electron chi connectivity index (χ2n) is 3.66. The molecule has 0 spiro atoms. The first-order valence-corrected chi connectivity index (χ1v) is 4.86. The summed E-state index contributed by atoms with van der Waals surface area (Å²) < 4.78 is 24.8. The maximum Gasteiger partial charge on any atom is 0.263 e. The molecule has 0 aliphatic carbocycles. The summed E-state index contributed by atoms with van der Waals surface area (Å²) in [6.07, 6.45) is -1.31. The summed E-state index contributed by atoms with van der Waals surface area (Å²) in [5.41, 5.74) is 1.17. The molecule has 0 bridgehead atoms. The van der Waals surface area contributed by atoms with E-state index in [-0.39, 0.29) is 5.56 Å². The van der Waals surface area contributed by atoms with Crippen LogP contribution in [0.2, 0.25) is 0 Å². The van der Waals surface area contributed by atoms with Crippen LogP contribution in [-0.4, -0.2) is 13.1 Å². The van der Waals surface area contributed by atoms with Crippen LogP contribution < -0.4 is 5.32 Å². The molecule has 1 fully saturated rings. The predicted octanol–water partition coefficient (Wildman–Crippen LogP) is 2.70. The third-order valence-electron chi connectivity index (χ3n) is 2.69. The van der Waals surface area contributed by atoms with Crippen molar-refractivity contribution >= 4 is 0 Å². The highest BCUT2D eigenvalue weighted by Crippen LogP contribution is 2.26. The van der Waals surface area contributed by atoms with Gasteiger partial charge in [-0.25, -0.2) is 8.78 Å². The first kappa shape index (κ1) is 9.59. The molecule has 76 valence electrons. The summed E-state index contributed by atoms with van der Waals surface area (Å²) >= 11 is 0. The Kier molecular flexibility index (Phi) is 2.77. The maximum atomic E-state index is 12.4. The zero-order chi connectivity index (χ0) is 9.97. The summed E-state index contributed by atoms with van der Waals surface area (Å²) in [6, 6.07) is 6.76. The van der Waals surface area contributed by atoms with Crippen LogP contribution in [0.1, 0.15) is 29.9 Å². The van der Waals surface area contributed by atoms with Gasteiger partial charge in [0.1, 0.15) is 0 Å². The van der Waals surface area contributed by atoms with Crippen molar-refractivity contribution in [3.05, 3.63) is 35.4 Å². The molecular weight excluding hydrogens is 184 g/mol. The molecule has 1 aliphatic heterocycles. The highest BCUT2D eigenvalue weighted by molar-refractivity contribution is 5.28. The topological polar surface area (TPSA) is 12.0 Å². The second-order valence-corrected chi connectivity index (χ2v) is 3.66. The number of halogens is 2. The lowest BCUT2D eigenvalue weighted by Crippen LogP contribution is -2.08. The van der Waals surface area contributed by atoms with E-state index in [1.165, 1.54) is 6.07 Å². The van der Waals surface area contributed by atoms with E-state index in [1.54, 1.807) is 12.1 Å². The van der Waals surface area contributed by atoms with E-state index in [0.29, 0.717) is 5.92 Å². The highest BCUT2D eigenvalue weighted by Gasteiger charge is 2.17. The molecule has 0 aromatic heterocycles. The maximum absolute atomic E-state index is 12.4. The Morgan fingerprint density at radius 3 is 2.86 bits per heavy atom. The van der Waals surface area contributed by atoms with Crippen molar-refractivity contribution in [2.75, 3.05) is 13.1 Å². The van der Waals surface area contributed by atoms with Crippen LogP contribution >= 0.6 is 0 Å². The van der Waals surface area contributed by atoms with E-state index in [9.17, 15) is 8.78 Å². The summed E-state index contributed by atoms with van der Waals surface area (Å²) in [7, 11) is 0. The van der Waals surface area contributed by atoms with E-state index in [0.717, 1.165) is 25.1 Å². The number of benzene rings is 1. The van der Waals surface area contributed by atoms with Crippen LogP contribution in [0.15, 0.2) is 24.3 Å². The Labute approximate surface area is 82.1 Å². The van der Waals surface area contributed by atoms with Gasteiger partial charge in [0.05, 0.1) is 0 Å². The summed E-state index contributed by atoms with van der Waals surface area (Å²) in [5, 5.41) is 3.23. The first-order valence-electron chi connectivity index (χ1n) is 4.86. The molecule has 1 aromatic rings. The van der Waals surface area contributed by atoms with Gasteiger partial charge in [-0.1, -0.05) is 18.2 Å². The quantitative estimate of drug-likeness (QED) is 0.768. The number of alkyl halides is 2. The summed E-state index contributed by atoms with van der Waals surface area (Å²) in [4.78, 5) is 0. The van der Waals surface area contributed by atoms with Gasteiger partial charge in [0.25, 0.3) is 6.43 Å². The highest BCUT2D eigenvalue weighted by atomic mass is 19.3. The Hall–Kier alpha value is -0.960. The van der Waals surface area contributed by atoms with Crippen LogP contribution in [0, 0.1) is 0 Å². The van der Waals surface area contributed by atoms with Gasteiger partial charge in [-0.2, -0.15) is 0 Å². The Bertz CT molecular complexity index is 306. The largest absolute Gasteiger partial charge is 0.316 e. The molecule has 1 N–H and O–H groups in total. The summed E-state index contributed by atoms with van der Waals surface area (Å²) in [5.74, 6) is 0.411. The molecule has 0 saturated carbocycles. The Morgan fingerprint density at radius 1 is 1.36 bits per heavy atom. The van der Waals surface area contributed by atoms with Gasteiger partial charge in [0.2, 0.25) is 0 Å². The van der Waals surface area contributed by atoms with Crippen molar-refractivity contribution in [1.29, 1.82) is 0 Å². The number of rotatable bonds is 2. The lowest BCUT2D eigenvalue weighted by Gasteiger charge is -2.10. The fourth-order valence-corrected chi connectivity index (χ4v) is 1.89. The van der Waals surface area contributed by atoms with Crippen LogP contribution in [-0.2, 0) is 0 Å². The second kappa shape index (κ2) is 4.05. The third kappa shape index (κ3) is 1.93. The van der Waals surface area contributed by atoms with Crippen molar-refractivity contribution in [2.45, 2.75) is 18.8 Å². The minimum Gasteiger partial charge on any atom is -0.316 e. The fraction of sp³-hybridized carbons (Fsp3) is 0.455. The Balaban J connectivity index is 2.21. The predicted molar refractivity (Wildman–Crippen MR) is 51.6 cm³/mol. The van der Waals surface area contributed by atoms with Gasteiger partial charge in [-0.3, -0.25) is 0 Å². The van der Waals surface area contributed by atoms with E-state index >= 15 is 0 Å². The minimum atomic E-state index is -2.36. The average Bonchev–Trinajstić information content (AvgIpc) is 2.71. The van der Waals surface area contributed by atoms with Crippen molar-refractivity contribution < 1.29 is 8.78 Å². The molecule has 14 heavy (non-hydrogen) atoms. The molecule has 0 radical (unpaired) electrons. The number of hydrogen-bond donors (Lipinski definition) is 1. The molecule has 3 heteroatoms. The molecule has 0 unspecified atom stereocenters. The van der Waals surface area contributed by atoms with Crippen LogP contribution in [0.4, 0.5) is 8.78 Å². The lowest BCUT2D eigenvalue weighted by atomic mass is 9.97. The molecule has 1 heterocycles. The molecule has 1 nitrogen and oxygen atoms in total. The zero-order valence-corrected chi connectivity index (χ0v) is 7.84. The van der Waals surface area contributed by atoms with Gasteiger partial charge in [0, 0.05) is 12.1 Å². The van der Waals surface area contributed by atoms with E-state index < -0.39 is 6.43 Å². The van der Waals surface area contributed by atoms with E-state index in [4.69, 9.17) is 0 Å². The van der Waals surface area contributed by atoms with Gasteiger partial charge in [0.15, 0.2) is 0 Å². The SMILES string of the molecule is FC(F)c1cccc([C@@H]2CCNC2)c1. The number of hydrogen-bond acceptors (Lipinski definition) is 1. The van der Waals surface area contributed by atoms with Crippen LogP contribution in [0.3, 0.4) is 0 Å². The normalized spacial score (nSPS) is 21.8. The molecule has 1 atom stereocenters. The Morgan fingerprint density at radius 2 is 2.21 bits per heavy atom. The zero-order valence-electron chi connectivity index (χ0n) is 7.84. The van der Waals surface area contributed by atoms with Gasteiger partial charge >= 0.3 is 0 Å². The van der Waals surface area contributed by atoms with Crippen molar-refractivity contribution in [1.82, 2.24) is 5.32 Å². The van der Waals surface area contributed by atoms with Crippen LogP contribution in [0.5, 0.6) is 0 Å².